The van der Waals surface area contributed by atoms with E-state index in [2.05, 4.69) is 5.32 Å². The van der Waals surface area contributed by atoms with Crippen LogP contribution in [-0.4, -0.2) is 5.91 Å². The molecule has 1 N–H and O–H groups in total. The summed E-state index contributed by atoms with van der Waals surface area (Å²) in [5.74, 6) is -0.424. The summed E-state index contributed by atoms with van der Waals surface area (Å²) in [5, 5.41) is 3.37. The highest BCUT2D eigenvalue weighted by Gasteiger charge is 2.06. The first-order valence-electron chi connectivity index (χ1n) is 6.40. The topological polar surface area (TPSA) is 29.1 Å². The minimum absolute atomic E-state index is 0.117. The van der Waals surface area contributed by atoms with Crippen molar-refractivity contribution in [3.05, 3.63) is 70.5 Å². The van der Waals surface area contributed by atoms with Crippen molar-refractivity contribution in [1.82, 2.24) is 5.32 Å². The van der Waals surface area contributed by atoms with E-state index in [9.17, 15) is 9.18 Å². The molecule has 0 heterocycles. The van der Waals surface area contributed by atoms with Crippen LogP contribution in [0.2, 0.25) is 5.02 Å². The molecule has 0 aromatic heterocycles. The number of carbonyl (C=O) groups is 1. The molecule has 2 rings (SSSR count). The summed E-state index contributed by atoms with van der Waals surface area (Å²) in [6.07, 6.45) is 0.904. The molecule has 20 heavy (non-hydrogen) atoms. The molecule has 0 unspecified atom stereocenters. The number of rotatable bonds is 5. The zero-order valence-electron chi connectivity index (χ0n) is 10.9. The first-order chi connectivity index (χ1) is 9.66. The van der Waals surface area contributed by atoms with Gasteiger partial charge in [-0.15, -0.1) is 0 Å². The van der Waals surface area contributed by atoms with Crippen LogP contribution in [0.25, 0.3) is 0 Å². The second-order valence-corrected chi connectivity index (χ2v) is 4.87. The predicted octanol–water partition coefficient (Wildman–Crippen LogP) is 3.73. The standard InChI is InChI=1S/C16H15ClFNO/c17-14-7-3-1-5-12(14)9-10-16(20)19-11-13-6-2-4-8-15(13)18/h1-8H,9-11H2,(H,19,20). The maximum absolute atomic E-state index is 13.4. The molecule has 1 amide bonds. The second-order valence-electron chi connectivity index (χ2n) is 4.46. The van der Waals surface area contributed by atoms with E-state index in [0.717, 1.165) is 5.56 Å². The Bertz CT molecular complexity index is 549. The Hall–Kier alpha value is -1.87. The number of hydrogen-bond donors (Lipinski definition) is 1. The van der Waals surface area contributed by atoms with Crippen molar-refractivity contribution in [2.75, 3.05) is 0 Å². The Labute approximate surface area is 122 Å². The Morgan fingerprint density at radius 2 is 1.70 bits per heavy atom. The minimum atomic E-state index is -0.307. The Kier molecular flexibility index (Phi) is 5.13. The fourth-order valence-corrected chi connectivity index (χ4v) is 2.10. The van der Waals surface area contributed by atoms with Gasteiger partial charge in [0.1, 0.15) is 5.82 Å². The van der Waals surface area contributed by atoms with Gasteiger partial charge in [0.2, 0.25) is 5.91 Å². The SMILES string of the molecule is O=C(CCc1ccccc1Cl)NCc1ccccc1F. The number of benzene rings is 2. The number of carbonyl (C=O) groups excluding carboxylic acids is 1. The molecule has 104 valence electrons. The van der Waals surface area contributed by atoms with E-state index in [1.807, 2.05) is 18.2 Å². The van der Waals surface area contributed by atoms with Crippen LogP contribution in [0.4, 0.5) is 4.39 Å². The van der Waals surface area contributed by atoms with Crippen molar-refractivity contribution in [2.24, 2.45) is 0 Å². The fraction of sp³-hybridized carbons (Fsp3) is 0.188. The van der Waals surface area contributed by atoms with Crippen LogP contribution in [0.15, 0.2) is 48.5 Å². The Balaban J connectivity index is 1.82. The van der Waals surface area contributed by atoms with Gasteiger partial charge in [0.15, 0.2) is 0 Å². The molecule has 0 aliphatic heterocycles. The van der Waals surface area contributed by atoms with Crippen molar-refractivity contribution in [2.45, 2.75) is 19.4 Å². The lowest BCUT2D eigenvalue weighted by atomic mass is 10.1. The summed E-state index contributed by atoms with van der Waals surface area (Å²) in [5.41, 5.74) is 1.42. The quantitative estimate of drug-likeness (QED) is 0.893. The van der Waals surface area contributed by atoms with E-state index in [0.29, 0.717) is 23.4 Å². The van der Waals surface area contributed by atoms with Gasteiger partial charge in [-0.1, -0.05) is 48.0 Å². The van der Waals surface area contributed by atoms with Gasteiger partial charge in [0, 0.05) is 23.6 Å². The maximum atomic E-state index is 13.4. The molecule has 0 radical (unpaired) electrons. The van der Waals surface area contributed by atoms with Crippen molar-refractivity contribution < 1.29 is 9.18 Å². The molecule has 0 bridgehead atoms. The largest absolute Gasteiger partial charge is 0.352 e. The van der Waals surface area contributed by atoms with Gasteiger partial charge < -0.3 is 5.32 Å². The Morgan fingerprint density at radius 3 is 2.40 bits per heavy atom. The fourth-order valence-electron chi connectivity index (χ4n) is 1.87. The van der Waals surface area contributed by atoms with Gasteiger partial charge in [-0.2, -0.15) is 0 Å². The van der Waals surface area contributed by atoms with Crippen LogP contribution in [0.3, 0.4) is 0 Å². The van der Waals surface area contributed by atoms with Gasteiger partial charge in [0.05, 0.1) is 0 Å². The summed E-state index contributed by atoms with van der Waals surface area (Å²) in [6.45, 7) is 0.202. The first-order valence-corrected chi connectivity index (χ1v) is 6.78. The summed E-state index contributed by atoms with van der Waals surface area (Å²) in [6, 6.07) is 13.8. The lowest BCUT2D eigenvalue weighted by molar-refractivity contribution is -0.121. The summed E-state index contributed by atoms with van der Waals surface area (Å²) >= 11 is 6.02. The third kappa shape index (κ3) is 4.07. The van der Waals surface area contributed by atoms with E-state index >= 15 is 0 Å². The molecule has 0 atom stereocenters. The summed E-state index contributed by atoms with van der Waals surface area (Å²) in [4.78, 5) is 11.7. The summed E-state index contributed by atoms with van der Waals surface area (Å²) in [7, 11) is 0. The van der Waals surface area contributed by atoms with Crippen molar-refractivity contribution in [3.8, 4) is 0 Å². The third-order valence-electron chi connectivity index (χ3n) is 3.01. The number of aryl methyl sites for hydroxylation is 1. The average Bonchev–Trinajstić information content (AvgIpc) is 2.45. The highest BCUT2D eigenvalue weighted by Crippen LogP contribution is 2.16. The normalized spacial score (nSPS) is 10.3. The van der Waals surface area contributed by atoms with E-state index in [1.165, 1.54) is 6.07 Å². The Morgan fingerprint density at radius 1 is 1.05 bits per heavy atom. The monoisotopic (exact) mass is 291 g/mol. The van der Waals surface area contributed by atoms with Gasteiger partial charge in [-0.3, -0.25) is 4.79 Å². The molecule has 2 aromatic carbocycles. The van der Waals surface area contributed by atoms with Crippen molar-refractivity contribution >= 4 is 17.5 Å². The number of amides is 1. The van der Waals surface area contributed by atoms with Gasteiger partial charge >= 0.3 is 0 Å². The molecule has 0 saturated carbocycles. The lowest BCUT2D eigenvalue weighted by Crippen LogP contribution is -2.23. The minimum Gasteiger partial charge on any atom is -0.352 e. The number of halogens is 2. The molecule has 0 aliphatic rings. The van der Waals surface area contributed by atoms with Gasteiger partial charge in [-0.05, 0) is 24.1 Å². The van der Waals surface area contributed by atoms with Crippen LogP contribution < -0.4 is 5.32 Å². The van der Waals surface area contributed by atoms with Gasteiger partial charge in [-0.25, -0.2) is 4.39 Å². The molecule has 0 saturated heterocycles. The molecule has 2 aromatic rings. The predicted molar refractivity (Wildman–Crippen MR) is 78.0 cm³/mol. The highest BCUT2D eigenvalue weighted by molar-refractivity contribution is 6.31. The van der Waals surface area contributed by atoms with Gasteiger partial charge in [0.25, 0.3) is 0 Å². The average molecular weight is 292 g/mol. The third-order valence-corrected chi connectivity index (χ3v) is 3.38. The zero-order valence-corrected chi connectivity index (χ0v) is 11.7. The number of hydrogen-bond acceptors (Lipinski definition) is 1. The van der Waals surface area contributed by atoms with E-state index in [4.69, 9.17) is 11.6 Å². The molecule has 0 fully saturated rings. The smallest absolute Gasteiger partial charge is 0.220 e. The maximum Gasteiger partial charge on any atom is 0.220 e. The molecule has 0 spiro atoms. The van der Waals surface area contributed by atoms with E-state index in [-0.39, 0.29) is 18.3 Å². The highest BCUT2D eigenvalue weighted by atomic mass is 35.5. The number of nitrogens with one attached hydrogen (secondary N) is 1. The lowest BCUT2D eigenvalue weighted by Gasteiger charge is -2.07. The zero-order chi connectivity index (χ0) is 14.4. The molecule has 2 nitrogen and oxygen atoms in total. The van der Waals surface area contributed by atoms with Crippen LogP contribution in [0.1, 0.15) is 17.5 Å². The van der Waals surface area contributed by atoms with E-state index < -0.39 is 0 Å². The summed E-state index contributed by atoms with van der Waals surface area (Å²) < 4.78 is 13.4. The van der Waals surface area contributed by atoms with Crippen molar-refractivity contribution in [3.63, 3.8) is 0 Å². The first kappa shape index (κ1) is 14.5. The van der Waals surface area contributed by atoms with Crippen LogP contribution >= 0.6 is 11.6 Å². The van der Waals surface area contributed by atoms with Crippen LogP contribution in [0, 0.1) is 5.82 Å². The van der Waals surface area contributed by atoms with Crippen LogP contribution in [0.5, 0.6) is 0 Å². The molecule has 4 heteroatoms. The molecular formula is C16H15ClFNO. The van der Waals surface area contributed by atoms with E-state index in [1.54, 1.807) is 24.3 Å². The second kappa shape index (κ2) is 7.06. The molecule has 0 aliphatic carbocycles. The van der Waals surface area contributed by atoms with Crippen molar-refractivity contribution in [1.29, 1.82) is 0 Å². The molecular weight excluding hydrogens is 277 g/mol. The van der Waals surface area contributed by atoms with Crippen LogP contribution in [-0.2, 0) is 17.8 Å².